The summed E-state index contributed by atoms with van der Waals surface area (Å²) in [7, 11) is 1.60. The van der Waals surface area contributed by atoms with Gasteiger partial charge in [0, 0.05) is 19.5 Å². The van der Waals surface area contributed by atoms with E-state index in [0.29, 0.717) is 11.3 Å². The molecule has 1 saturated heterocycles. The van der Waals surface area contributed by atoms with E-state index >= 15 is 0 Å². The standard InChI is InChI=1S/C14H17N3O4/c1-14(2)7-12(18)16(13(14)19)8-9-4-5-10(15-3)11(6-9)17(20)21/h4-6,15H,7-8H2,1-3H3. The van der Waals surface area contributed by atoms with Crippen molar-refractivity contribution in [2.75, 3.05) is 12.4 Å². The molecule has 0 aromatic heterocycles. The van der Waals surface area contributed by atoms with Crippen molar-refractivity contribution in [2.24, 2.45) is 5.41 Å². The van der Waals surface area contributed by atoms with Crippen LogP contribution in [-0.4, -0.2) is 28.7 Å². The Morgan fingerprint density at radius 3 is 2.52 bits per heavy atom. The van der Waals surface area contributed by atoms with E-state index in [4.69, 9.17) is 0 Å². The second kappa shape index (κ2) is 5.16. The van der Waals surface area contributed by atoms with Gasteiger partial charge in [-0.2, -0.15) is 0 Å². The molecule has 21 heavy (non-hydrogen) atoms. The summed E-state index contributed by atoms with van der Waals surface area (Å²) < 4.78 is 0. The Kier molecular flexibility index (Phi) is 3.67. The molecular weight excluding hydrogens is 274 g/mol. The molecule has 0 atom stereocenters. The van der Waals surface area contributed by atoms with Crippen molar-refractivity contribution in [2.45, 2.75) is 26.8 Å². The zero-order valence-electron chi connectivity index (χ0n) is 12.2. The molecular formula is C14H17N3O4. The minimum atomic E-state index is -0.700. The Hall–Kier alpha value is -2.44. The van der Waals surface area contributed by atoms with Gasteiger partial charge in [0.25, 0.3) is 5.69 Å². The summed E-state index contributed by atoms with van der Waals surface area (Å²) in [6.45, 7) is 3.51. The van der Waals surface area contributed by atoms with Crippen molar-refractivity contribution in [3.8, 4) is 0 Å². The van der Waals surface area contributed by atoms with Gasteiger partial charge < -0.3 is 5.32 Å². The van der Waals surface area contributed by atoms with Crippen LogP contribution >= 0.6 is 0 Å². The second-order valence-electron chi connectivity index (χ2n) is 5.70. The molecule has 1 aromatic rings. The molecule has 1 aliphatic heterocycles. The Morgan fingerprint density at radius 1 is 1.38 bits per heavy atom. The minimum absolute atomic E-state index is 0.0614. The van der Waals surface area contributed by atoms with E-state index in [9.17, 15) is 19.7 Å². The third-order valence-corrected chi connectivity index (χ3v) is 3.59. The van der Waals surface area contributed by atoms with Crippen LogP contribution in [0.3, 0.4) is 0 Å². The molecule has 1 heterocycles. The highest BCUT2D eigenvalue weighted by Gasteiger charge is 2.44. The van der Waals surface area contributed by atoms with Gasteiger partial charge in [-0.3, -0.25) is 24.6 Å². The van der Waals surface area contributed by atoms with E-state index in [2.05, 4.69) is 5.32 Å². The molecule has 7 heteroatoms. The molecule has 1 fully saturated rings. The third kappa shape index (κ3) is 2.72. The van der Waals surface area contributed by atoms with E-state index in [1.54, 1.807) is 33.0 Å². The molecule has 1 aromatic carbocycles. The molecule has 2 rings (SSSR count). The average Bonchev–Trinajstić information content (AvgIpc) is 2.60. The summed E-state index contributed by atoms with van der Waals surface area (Å²) in [5.41, 5.74) is 0.171. The summed E-state index contributed by atoms with van der Waals surface area (Å²) in [4.78, 5) is 35.7. The van der Waals surface area contributed by atoms with Crippen molar-refractivity contribution in [1.82, 2.24) is 4.90 Å². The highest BCUT2D eigenvalue weighted by Crippen LogP contribution is 2.33. The number of amides is 2. The number of anilines is 1. The number of benzene rings is 1. The maximum atomic E-state index is 12.1. The van der Waals surface area contributed by atoms with Gasteiger partial charge in [-0.1, -0.05) is 19.9 Å². The van der Waals surface area contributed by atoms with Gasteiger partial charge in [0.1, 0.15) is 5.69 Å². The van der Waals surface area contributed by atoms with Gasteiger partial charge in [0.15, 0.2) is 0 Å². The van der Waals surface area contributed by atoms with Crippen LogP contribution < -0.4 is 5.32 Å². The molecule has 0 saturated carbocycles. The predicted molar refractivity (Wildman–Crippen MR) is 76.6 cm³/mol. The van der Waals surface area contributed by atoms with E-state index in [-0.39, 0.29) is 30.5 Å². The van der Waals surface area contributed by atoms with Gasteiger partial charge in [-0.25, -0.2) is 0 Å². The van der Waals surface area contributed by atoms with Crippen LogP contribution in [0.5, 0.6) is 0 Å². The Balaban J connectivity index is 2.29. The monoisotopic (exact) mass is 291 g/mol. The minimum Gasteiger partial charge on any atom is -0.383 e. The molecule has 7 nitrogen and oxygen atoms in total. The number of nitro groups is 1. The first-order chi connectivity index (χ1) is 9.76. The smallest absolute Gasteiger partial charge is 0.292 e. The summed E-state index contributed by atoms with van der Waals surface area (Å²) >= 11 is 0. The fourth-order valence-corrected chi connectivity index (χ4v) is 2.41. The van der Waals surface area contributed by atoms with Crippen LogP contribution in [0.2, 0.25) is 0 Å². The first-order valence-corrected chi connectivity index (χ1v) is 6.56. The summed E-state index contributed by atoms with van der Waals surface area (Å²) in [6, 6.07) is 4.63. The first-order valence-electron chi connectivity index (χ1n) is 6.56. The molecule has 2 amide bonds. The van der Waals surface area contributed by atoms with E-state index in [1.165, 1.54) is 6.07 Å². The van der Waals surface area contributed by atoms with Crippen molar-refractivity contribution >= 4 is 23.2 Å². The van der Waals surface area contributed by atoms with Crippen LogP contribution in [0, 0.1) is 15.5 Å². The van der Waals surface area contributed by atoms with Gasteiger partial charge in [0.05, 0.1) is 16.9 Å². The zero-order chi connectivity index (χ0) is 15.8. The highest BCUT2D eigenvalue weighted by atomic mass is 16.6. The lowest BCUT2D eigenvalue weighted by Gasteiger charge is -2.18. The number of likely N-dealkylation sites (tertiary alicyclic amines) is 1. The van der Waals surface area contributed by atoms with E-state index in [0.717, 1.165) is 4.90 Å². The maximum Gasteiger partial charge on any atom is 0.292 e. The SMILES string of the molecule is CNc1ccc(CN2C(=O)CC(C)(C)C2=O)cc1[N+](=O)[O-]. The van der Waals surface area contributed by atoms with Gasteiger partial charge in [-0.05, 0) is 11.6 Å². The number of nitrogens with one attached hydrogen (secondary N) is 1. The fourth-order valence-electron chi connectivity index (χ4n) is 2.41. The van der Waals surface area contributed by atoms with Gasteiger partial charge >= 0.3 is 0 Å². The number of nitro benzene ring substituents is 1. The third-order valence-electron chi connectivity index (χ3n) is 3.59. The molecule has 0 radical (unpaired) electrons. The Morgan fingerprint density at radius 2 is 2.05 bits per heavy atom. The molecule has 0 bridgehead atoms. The molecule has 0 spiro atoms. The summed E-state index contributed by atoms with van der Waals surface area (Å²) in [6.07, 6.45) is 0.169. The number of hydrogen-bond acceptors (Lipinski definition) is 5. The normalized spacial score (nSPS) is 17.2. The van der Waals surface area contributed by atoms with E-state index in [1.807, 2.05) is 0 Å². The lowest BCUT2D eigenvalue weighted by Crippen LogP contribution is -2.32. The molecule has 0 aliphatic carbocycles. The predicted octanol–water partition coefficient (Wildman–Crippen LogP) is 1.92. The summed E-state index contributed by atoms with van der Waals surface area (Å²) in [5, 5.41) is 13.8. The molecule has 112 valence electrons. The van der Waals surface area contributed by atoms with Crippen molar-refractivity contribution < 1.29 is 14.5 Å². The lowest BCUT2D eigenvalue weighted by molar-refractivity contribution is -0.384. The number of hydrogen-bond donors (Lipinski definition) is 1. The van der Waals surface area contributed by atoms with Crippen LogP contribution in [0.15, 0.2) is 18.2 Å². The van der Waals surface area contributed by atoms with Crippen molar-refractivity contribution in [3.63, 3.8) is 0 Å². The summed E-state index contributed by atoms with van der Waals surface area (Å²) in [5.74, 6) is -0.488. The number of rotatable bonds is 4. The topological polar surface area (TPSA) is 92.6 Å². The number of carbonyl (C=O) groups excluding carboxylic acids is 2. The number of carbonyl (C=O) groups is 2. The van der Waals surface area contributed by atoms with E-state index < -0.39 is 10.3 Å². The maximum absolute atomic E-state index is 12.1. The quantitative estimate of drug-likeness (QED) is 0.519. The Labute approximate surface area is 122 Å². The second-order valence-corrected chi connectivity index (χ2v) is 5.70. The van der Waals surface area contributed by atoms with Crippen molar-refractivity contribution in [1.29, 1.82) is 0 Å². The Bertz CT molecular complexity index is 625. The molecule has 1 aliphatic rings. The van der Waals surface area contributed by atoms with Crippen LogP contribution in [-0.2, 0) is 16.1 Å². The van der Waals surface area contributed by atoms with Gasteiger partial charge in [0.2, 0.25) is 11.8 Å². The average molecular weight is 291 g/mol. The highest BCUT2D eigenvalue weighted by molar-refractivity contribution is 6.05. The molecule has 1 N–H and O–H groups in total. The number of imide groups is 1. The number of nitrogens with zero attached hydrogens (tertiary/aromatic N) is 2. The van der Waals surface area contributed by atoms with Crippen LogP contribution in [0.1, 0.15) is 25.8 Å². The lowest BCUT2D eigenvalue weighted by atomic mass is 9.92. The van der Waals surface area contributed by atoms with Crippen LogP contribution in [0.4, 0.5) is 11.4 Å². The van der Waals surface area contributed by atoms with Crippen molar-refractivity contribution in [3.05, 3.63) is 33.9 Å². The van der Waals surface area contributed by atoms with Crippen LogP contribution in [0.25, 0.3) is 0 Å². The zero-order valence-corrected chi connectivity index (χ0v) is 12.2. The largest absolute Gasteiger partial charge is 0.383 e. The fraction of sp³-hybridized carbons (Fsp3) is 0.429. The first kappa shape index (κ1) is 15.0. The van der Waals surface area contributed by atoms with Gasteiger partial charge in [-0.15, -0.1) is 0 Å². The molecule has 0 unspecified atom stereocenters.